The van der Waals surface area contributed by atoms with Gasteiger partial charge in [0.05, 0.1) is 47.6 Å². The lowest BCUT2D eigenvalue weighted by atomic mass is 9.80. The molecule has 1 amide bonds. The Balaban J connectivity index is 1.60. The van der Waals surface area contributed by atoms with Crippen LogP contribution in [0.3, 0.4) is 0 Å². The number of ether oxygens (including phenoxy) is 2. The number of hydrogen-bond donors (Lipinski definition) is 0. The third-order valence-electron chi connectivity index (χ3n) is 8.41. The summed E-state index contributed by atoms with van der Waals surface area (Å²) in [6.45, 7) is 3.92. The molecule has 1 saturated heterocycles. The van der Waals surface area contributed by atoms with Crippen LogP contribution in [-0.2, 0) is 20.4 Å². The fourth-order valence-corrected chi connectivity index (χ4v) is 7.74. The molecule has 0 radical (unpaired) electrons. The fourth-order valence-electron chi connectivity index (χ4n) is 6.28. The molecule has 12 heteroatoms. The first-order valence-corrected chi connectivity index (χ1v) is 16.1. The molecule has 2 aliphatic heterocycles. The van der Waals surface area contributed by atoms with Gasteiger partial charge in [-0.25, -0.2) is 12.7 Å². The largest absolute Gasteiger partial charge is 0.497 e. The number of carbonyl (C=O) groups is 1. The average Bonchev–Trinajstić information content (AvgIpc) is 3.37. The lowest BCUT2D eigenvalue weighted by Crippen LogP contribution is -2.60. The van der Waals surface area contributed by atoms with Crippen molar-refractivity contribution in [3.63, 3.8) is 0 Å². The van der Waals surface area contributed by atoms with Gasteiger partial charge in [-0.2, -0.15) is 10.5 Å². The highest BCUT2D eigenvalue weighted by Gasteiger charge is 2.60. The number of piperazine rings is 1. The monoisotopic (exact) mass is 634 g/mol. The van der Waals surface area contributed by atoms with Crippen LogP contribution in [0.5, 0.6) is 11.5 Å². The summed E-state index contributed by atoms with van der Waals surface area (Å²) in [5.74, 6) is 0.111. The Morgan fingerprint density at radius 3 is 2.17 bits per heavy atom. The van der Waals surface area contributed by atoms with Crippen LogP contribution in [0.4, 0.5) is 11.4 Å². The zero-order chi connectivity index (χ0) is 32.5. The molecule has 1 aromatic heterocycles. The van der Waals surface area contributed by atoms with Gasteiger partial charge < -0.3 is 14.4 Å². The van der Waals surface area contributed by atoms with Gasteiger partial charge in [0.15, 0.2) is 5.54 Å². The lowest BCUT2D eigenvalue weighted by Gasteiger charge is -2.46. The van der Waals surface area contributed by atoms with Gasteiger partial charge in [-0.3, -0.25) is 14.7 Å². The molecule has 1 fully saturated rings. The zero-order valence-corrected chi connectivity index (χ0v) is 26.1. The molecule has 1 atom stereocenters. The first-order chi connectivity index (χ1) is 22.3. The number of sulfonamides is 1. The van der Waals surface area contributed by atoms with Crippen LogP contribution in [0.2, 0.25) is 0 Å². The van der Waals surface area contributed by atoms with E-state index in [4.69, 9.17) is 9.47 Å². The fraction of sp³-hybridized carbons (Fsp3) is 0.235. The van der Waals surface area contributed by atoms with Crippen molar-refractivity contribution in [1.29, 1.82) is 10.5 Å². The molecule has 4 aromatic rings. The number of amides is 1. The summed E-state index contributed by atoms with van der Waals surface area (Å²) >= 11 is 0. The summed E-state index contributed by atoms with van der Waals surface area (Å²) in [5.41, 5.74) is 0.718. The maximum Gasteiger partial charge on any atom is 0.271 e. The van der Waals surface area contributed by atoms with Crippen molar-refractivity contribution in [2.24, 2.45) is 0 Å². The standard InChI is InChI=1S/C34H30N6O5S/c1-3-45-32-11-7-27(44-2)21-30(32)34(39-18-16-38(17-19-39)26-12-14-37-15-13-26)29-20-25(23-36)6-10-31(29)40(33(34)41)46(42,43)28-8-4-24(22-35)5-9-28/h4-15,20-21H,3,16-19H2,1-2H3. The van der Waals surface area contributed by atoms with Crippen molar-refractivity contribution < 1.29 is 22.7 Å². The Hall–Kier alpha value is -5.43. The van der Waals surface area contributed by atoms with E-state index in [1.807, 2.05) is 30.0 Å². The van der Waals surface area contributed by atoms with Gasteiger partial charge in [-0.05, 0) is 79.7 Å². The van der Waals surface area contributed by atoms with E-state index in [9.17, 15) is 18.9 Å². The first kappa shape index (κ1) is 30.6. The van der Waals surface area contributed by atoms with Crippen LogP contribution >= 0.6 is 0 Å². The maximum atomic E-state index is 15.3. The highest BCUT2D eigenvalue weighted by Crippen LogP contribution is 2.53. The van der Waals surface area contributed by atoms with Crippen LogP contribution in [0.25, 0.3) is 0 Å². The summed E-state index contributed by atoms with van der Waals surface area (Å²) < 4.78 is 41.3. The van der Waals surface area contributed by atoms with Crippen LogP contribution in [-0.4, -0.2) is 64.1 Å². The highest BCUT2D eigenvalue weighted by atomic mass is 32.2. The van der Waals surface area contributed by atoms with Crippen LogP contribution in [0.1, 0.15) is 29.2 Å². The van der Waals surface area contributed by atoms with Crippen molar-refractivity contribution >= 4 is 27.3 Å². The molecular weight excluding hydrogens is 604 g/mol. The van der Waals surface area contributed by atoms with E-state index < -0.39 is 21.5 Å². The number of hydrogen-bond acceptors (Lipinski definition) is 10. The quantitative estimate of drug-likeness (QED) is 0.279. The molecule has 6 rings (SSSR count). The summed E-state index contributed by atoms with van der Waals surface area (Å²) in [6, 6.07) is 23.1. The van der Waals surface area contributed by atoms with E-state index in [1.165, 1.54) is 43.5 Å². The number of methoxy groups -OCH3 is 1. The minimum Gasteiger partial charge on any atom is -0.497 e. The van der Waals surface area contributed by atoms with Gasteiger partial charge in [0, 0.05) is 55.4 Å². The van der Waals surface area contributed by atoms with Gasteiger partial charge in [0.25, 0.3) is 15.9 Å². The molecule has 3 aromatic carbocycles. The second kappa shape index (κ2) is 12.2. The van der Waals surface area contributed by atoms with Crippen molar-refractivity contribution in [1.82, 2.24) is 9.88 Å². The Morgan fingerprint density at radius 1 is 0.870 bits per heavy atom. The van der Waals surface area contributed by atoms with Gasteiger partial charge in [-0.1, -0.05) is 0 Å². The third kappa shape index (κ3) is 4.88. The predicted molar refractivity (Wildman–Crippen MR) is 170 cm³/mol. The number of fused-ring (bicyclic) bond motifs is 1. The molecular formula is C34H30N6O5S. The number of anilines is 2. The molecule has 0 saturated carbocycles. The first-order valence-electron chi connectivity index (χ1n) is 14.7. The maximum absolute atomic E-state index is 15.3. The number of benzene rings is 3. The molecule has 11 nitrogen and oxygen atoms in total. The average molecular weight is 635 g/mol. The molecule has 0 N–H and O–H groups in total. The van der Waals surface area contributed by atoms with Gasteiger partial charge in [-0.15, -0.1) is 0 Å². The van der Waals surface area contributed by atoms with Gasteiger partial charge in [0.1, 0.15) is 11.5 Å². The van der Waals surface area contributed by atoms with E-state index in [-0.39, 0.29) is 28.3 Å². The summed E-state index contributed by atoms with van der Waals surface area (Å²) in [5, 5.41) is 19.2. The summed E-state index contributed by atoms with van der Waals surface area (Å²) in [6.07, 6.45) is 3.44. The Bertz CT molecular complexity index is 1980. The van der Waals surface area contributed by atoms with Gasteiger partial charge >= 0.3 is 0 Å². The predicted octanol–water partition coefficient (Wildman–Crippen LogP) is 4.03. The number of aromatic nitrogens is 1. The van der Waals surface area contributed by atoms with E-state index in [0.29, 0.717) is 48.8 Å². The second-order valence-electron chi connectivity index (χ2n) is 10.7. The van der Waals surface area contributed by atoms with Crippen molar-refractivity contribution in [2.75, 3.05) is 49.1 Å². The number of nitrogens with zero attached hydrogens (tertiary/aromatic N) is 6. The summed E-state index contributed by atoms with van der Waals surface area (Å²) in [7, 11) is -2.97. The normalized spacial score (nSPS) is 18.0. The second-order valence-corrected chi connectivity index (χ2v) is 12.5. The van der Waals surface area contributed by atoms with Crippen LogP contribution in [0, 0.1) is 22.7 Å². The molecule has 1 unspecified atom stereocenters. The molecule has 232 valence electrons. The molecule has 46 heavy (non-hydrogen) atoms. The smallest absolute Gasteiger partial charge is 0.271 e. The molecule has 0 aliphatic carbocycles. The van der Waals surface area contributed by atoms with Crippen LogP contribution < -0.4 is 18.7 Å². The SMILES string of the molecule is CCOc1ccc(OC)cc1C1(N2CCN(c3ccncc3)CC2)C(=O)N(S(=O)(=O)c2ccc(C#N)cc2)c2ccc(C#N)cc21. The number of pyridine rings is 1. The molecule has 2 aliphatic rings. The minimum absolute atomic E-state index is 0.134. The Labute approximate surface area is 267 Å². The number of carbonyl (C=O) groups excluding carboxylic acids is 1. The van der Waals surface area contributed by atoms with E-state index >= 15 is 4.79 Å². The summed E-state index contributed by atoms with van der Waals surface area (Å²) in [4.78, 5) is 23.4. The lowest BCUT2D eigenvalue weighted by molar-refractivity contribution is -0.127. The number of nitriles is 2. The van der Waals surface area contributed by atoms with Crippen molar-refractivity contribution in [2.45, 2.75) is 17.4 Å². The topological polar surface area (TPSA) is 140 Å². The molecule has 0 spiro atoms. The molecule has 3 heterocycles. The van der Waals surface area contributed by atoms with E-state index in [2.05, 4.69) is 16.0 Å². The highest BCUT2D eigenvalue weighted by molar-refractivity contribution is 7.93. The van der Waals surface area contributed by atoms with Crippen molar-refractivity contribution in [3.8, 4) is 23.6 Å². The van der Waals surface area contributed by atoms with Crippen LogP contribution in [0.15, 0.2) is 90.1 Å². The third-order valence-corrected chi connectivity index (χ3v) is 10.1. The minimum atomic E-state index is -4.48. The van der Waals surface area contributed by atoms with Gasteiger partial charge in [0.2, 0.25) is 0 Å². The molecule has 0 bridgehead atoms. The Kier molecular flexibility index (Phi) is 8.09. The number of rotatable bonds is 8. The van der Waals surface area contributed by atoms with E-state index in [0.717, 1.165) is 9.99 Å². The van der Waals surface area contributed by atoms with E-state index in [1.54, 1.807) is 36.7 Å². The van der Waals surface area contributed by atoms with Crippen molar-refractivity contribution in [3.05, 3.63) is 107 Å². The Morgan fingerprint density at radius 2 is 1.54 bits per heavy atom. The zero-order valence-electron chi connectivity index (χ0n) is 25.3.